The van der Waals surface area contributed by atoms with E-state index in [0.29, 0.717) is 0 Å². The Balaban J connectivity index is 2.19. The van der Waals surface area contributed by atoms with E-state index < -0.39 is 0 Å². The number of halogens is 1. The molecule has 0 radical (unpaired) electrons. The first kappa shape index (κ1) is 13.1. The van der Waals surface area contributed by atoms with Crippen LogP contribution >= 0.6 is 39.0 Å². The normalized spacial score (nSPS) is 10.3. The van der Waals surface area contributed by atoms with Gasteiger partial charge in [0.15, 0.2) is 0 Å². The van der Waals surface area contributed by atoms with Crippen LogP contribution in [0.4, 0.5) is 0 Å². The number of nitrogens with one attached hydrogen (secondary N) is 1. The first-order chi connectivity index (χ1) is 7.24. The fraction of sp³-hybridized carbons (Fsp3) is 0.500. The Morgan fingerprint density at radius 1 is 1.53 bits per heavy atom. The summed E-state index contributed by atoms with van der Waals surface area (Å²) in [6, 6.07) is 3.74. The Kier molecular flexibility index (Phi) is 6.36. The van der Waals surface area contributed by atoms with Crippen LogP contribution < -0.4 is 5.32 Å². The summed E-state index contributed by atoms with van der Waals surface area (Å²) in [6.07, 6.45) is 4.32. The summed E-state index contributed by atoms with van der Waals surface area (Å²) in [4.78, 5) is 12.3. The van der Waals surface area contributed by atoms with E-state index in [0.717, 1.165) is 28.0 Å². The number of amides is 1. The van der Waals surface area contributed by atoms with Crippen LogP contribution in [0.15, 0.2) is 15.9 Å². The summed E-state index contributed by atoms with van der Waals surface area (Å²) < 4.78 is 0.995. The van der Waals surface area contributed by atoms with Crippen molar-refractivity contribution >= 4 is 44.9 Å². The summed E-state index contributed by atoms with van der Waals surface area (Å²) in [5.74, 6) is 1.20. The predicted molar refractivity (Wildman–Crippen MR) is 72.0 cm³/mol. The lowest BCUT2D eigenvalue weighted by molar-refractivity contribution is 0.0957. The van der Waals surface area contributed by atoms with E-state index in [4.69, 9.17) is 0 Å². The van der Waals surface area contributed by atoms with Crippen LogP contribution in [-0.2, 0) is 0 Å². The molecule has 0 atom stereocenters. The molecule has 0 spiro atoms. The molecule has 2 nitrogen and oxygen atoms in total. The van der Waals surface area contributed by atoms with Gasteiger partial charge in [-0.1, -0.05) is 0 Å². The summed E-state index contributed by atoms with van der Waals surface area (Å²) in [6.45, 7) is 0.773. The second-order valence-electron chi connectivity index (χ2n) is 3.06. The largest absolute Gasteiger partial charge is 0.351 e. The minimum Gasteiger partial charge on any atom is -0.351 e. The Hall–Kier alpha value is -0.0000000000000000833. The zero-order chi connectivity index (χ0) is 11.1. The van der Waals surface area contributed by atoms with Crippen molar-refractivity contribution in [2.75, 3.05) is 18.6 Å². The van der Waals surface area contributed by atoms with Crippen LogP contribution in [0.5, 0.6) is 0 Å². The summed E-state index contributed by atoms with van der Waals surface area (Å²) in [7, 11) is 0. The number of unbranched alkanes of at least 4 members (excludes halogenated alkanes) is 1. The standard InChI is InChI=1S/C10H14BrNOS2/c1-14-7-3-2-6-12-10(13)8-4-5-9(11)15-8/h4-5H,2-3,6-7H2,1H3,(H,12,13). The van der Waals surface area contributed by atoms with Crippen LogP contribution in [0.3, 0.4) is 0 Å². The SMILES string of the molecule is CSCCCCNC(=O)c1ccc(Br)s1. The average molecular weight is 308 g/mol. The van der Waals surface area contributed by atoms with Gasteiger partial charge in [0.25, 0.3) is 5.91 Å². The molecule has 1 heterocycles. The van der Waals surface area contributed by atoms with E-state index in [-0.39, 0.29) is 5.91 Å². The molecule has 1 aromatic rings. The van der Waals surface area contributed by atoms with Gasteiger partial charge in [0.1, 0.15) is 0 Å². The van der Waals surface area contributed by atoms with Crippen molar-refractivity contribution in [2.24, 2.45) is 0 Å². The molecular weight excluding hydrogens is 294 g/mol. The molecule has 15 heavy (non-hydrogen) atoms. The van der Waals surface area contributed by atoms with E-state index in [1.54, 1.807) is 0 Å². The van der Waals surface area contributed by atoms with Gasteiger partial charge >= 0.3 is 0 Å². The second kappa shape index (κ2) is 7.30. The van der Waals surface area contributed by atoms with Crippen LogP contribution in [0, 0.1) is 0 Å². The van der Waals surface area contributed by atoms with Gasteiger partial charge in [-0.05, 0) is 52.9 Å². The second-order valence-corrected chi connectivity index (χ2v) is 6.51. The fourth-order valence-corrected chi connectivity index (χ4v) is 2.89. The van der Waals surface area contributed by atoms with Gasteiger partial charge in [-0.3, -0.25) is 4.79 Å². The van der Waals surface area contributed by atoms with Gasteiger partial charge in [-0.2, -0.15) is 11.8 Å². The van der Waals surface area contributed by atoms with E-state index in [1.165, 1.54) is 17.1 Å². The van der Waals surface area contributed by atoms with Gasteiger partial charge in [-0.15, -0.1) is 11.3 Å². The molecule has 0 saturated heterocycles. The van der Waals surface area contributed by atoms with Crippen molar-refractivity contribution in [3.8, 4) is 0 Å². The van der Waals surface area contributed by atoms with Crippen molar-refractivity contribution in [1.29, 1.82) is 0 Å². The average Bonchev–Trinajstić information content (AvgIpc) is 2.64. The Morgan fingerprint density at radius 2 is 2.33 bits per heavy atom. The van der Waals surface area contributed by atoms with Gasteiger partial charge in [-0.25, -0.2) is 0 Å². The molecule has 0 aliphatic heterocycles. The molecule has 0 fully saturated rings. The predicted octanol–water partition coefficient (Wildman–Crippen LogP) is 3.38. The van der Waals surface area contributed by atoms with E-state index in [2.05, 4.69) is 27.5 Å². The van der Waals surface area contributed by atoms with Crippen LogP contribution in [-0.4, -0.2) is 24.5 Å². The lowest BCUT2D eigenvalue weighted by Gasteiger charge is -2.02. The summed E-state index contributed by atoms with van der Waals surface area (Å²) in [5.41, 5.74) is 0. The third-order valence-corrected chi connectivity index (χ3v) is 4.18. The van der Waals surface area contributed by atoms with Gasteiger partial charge in [0, 0.05) is 6.54 Å². The minimum absolute atomic E-state index is 0.0369. The molecule has 5 heteroatoms. The lowest BCUT2D eigenvalue weighted by atomic mass is 10.3. The van der Waals surface area contributed by atoms with E-state index >= 15 is 0 Å². The molecule has 0 aliphatic rings. The molecule has 1 N–H and O–H groups in total. The Morgan fingerprint density at radius 3 is 2.93 bits per heavy atom. The van der Waals surface area contributed by atoms with Crippen LogP contribution in [0.1, 0.15) is 22.5 Å². The first-order valence-electron chi connectivity index (χ1n) is 4.76. The van der Waals surface area contributed by atoms with Crippen molar-refractivity contribution < 1.29 is 4.79 Å². The van der Waals surface area contributed by atoms with Crippen LogP contribution in [0.25, 0.3) is 0 Å². The highest BCUT2D eigenvalue weighted by molar-refractivity contribution is 9.11. The fourth-order valence-electron chi connectivity index (χ4n) is 1.10. The lowest BCUT2D eigenvalue weighted by Crippen LogP contribution is -2.23. The number of thiophene rings is 1. The molecule has 0 aromatic carbocycles. The maximum Gasteiger partial charge on any atom is 0.261 e. The number of hydrogen-bond donors (Lipinski definition) is 1. The van der Waals surface area contributed by atoms with Crippen molar-refractivity contribution in [2.45, 2.75) is 12.8 Å². The van der Waals surface area contributed by atoms with Gasteiger partial charge in [0.2, 0.25) is 0 Å². The summed E-state index contributed by atoms with van der Waals surface area (Å²) in [5, 5.41) is 2.91. The van der Waals surface area contributed by atoms with Gasteiger partial charge < -0.3 is 5.32 Å². The smallest absolute Gasteiger partial charge is 0.261 e. The third-order valence-electron chi connectivity index (χ3n) is 1.86. The highest BCUT2D eigenvalue weighted by Crippen LogP contribution is 2.21. The molecule has 0 unspecified atom stereocenters. The number of thioether (sulfide) groups is 1. The highest BCUT2D eigenvalue weighted by atomic mass is 79.9. The monoisotopic (exact) mass is 307 g/mol. The van der Waals surface area contributed by atoms with Crippen molar-refractivity contribution in [1.82, 2.24) is 5.32 Å². The van der Waals surface area contributed by atoms with E-state index in [9.17, 15) is 4.79 Å². The van der Waals surface area contributed by atoms with Crippen molar-refractivity contribution in [3.63, 3.8) is 0 Å². The molecule has 84 valence electrons. The molecular formula is C10H14BrNOS2. The zero-order valence-corrected chi connectivity index (χ0v) is 11.8. The molecule has 1 aromatic heterocycles. The zero-order valence-electron chi connectivity index (χ0n) is 8.59. The summed E-state index contributed by atoms with van der Waals surface area (Å²) >= 11 is 6.65. The minimum atomic E-state index is 0.0369. The molecule has 0 aliphatic carbocycles. The quantitative estimate of drug-likeness (QED) is 0.816. The molecule has 0 saturated carbocycles. The number of carbonyl (C=O) groups excluding carboxylic acids is 1. The number of rotatable bonds is 6. The first-order valence-corrected chi connectivity index (χ1v) is 7.77. The molecule has 1 rings (SSSR count). The van der Waals surface area contributed by atoms with Gasteiger partial charge in [0.05, 0.1) is 8.66 Å². The number of hydrogen-bond acceptors (Lipinski definition) is 3. The third kappa shape index (κ3) is 5.04. The number of carbonyl (C=O) groups is 1. The Bertz CT molecular complexity index is 314. The topological polar surface area (TPSA) is 29.1 Å². The maximum absolute atomic E-state index is 11.6. The molecule has 0 bridgehead atoms. The maximum atomic E-state index is 11.6. The highest BCUT2D eigenvalue weighted by Gasteiger charge is 2.06. The van der Waals surface area contributed by atoms with Crippen molar-refractivity contribution in [3.05, 3.63) is 20.8 Å². The van der Waals surface area contributed by atoms with Crippen LogP contribution in [0.2, 0.25) is 0 Å². The Labute approximate surface area is 107 Å². The van der Waals surface area contributed by atoms with E-state index in [1.807, 2.05) is 23.9 Å². The molecule has 1 amide bonds.